The highest BCUT2D eigenvalue weighted by Gasteiger charge is 2.16. The molecule has 0 spiro atoms. The summed E-state index contributed by atoms with van der Waals surface area (Å²) in [7, 11) is 5.35. The summed E-state index contributed by atoms with van der Waals surface area (Å²) in [6.07, 6.45) is 0.705. The minimum Gasteiger partial charge on any atom is -0.496 e. The van der Waals surface area contributed by atoms with E-state index in [1.807, 2.05) is 47.8 Å². The lowest BCUT2D eigenvalue weighted by molar-refractivity contribution is 0.190. The number of methoxy groups -OCH3 is 2. The molecule has 174 valence electrons. The zero-order valence-electron chi connectivity index (χ0n) is 19.4. The third-order valence-electron chi connectivity index (χ3n) is 5.67. The maximum absolute atomic E-state index is 13.2. The van der Waals surface area contributed by atoms with E-state index in [1.165, 1.54) is 5.56 Å². The predicted molar refractivity (Wildman–Crippen MR) is 131 cm³/mol. The Balaban J connectivity index is 1.75. The summed E-state index contributed by atoms with van der Waals surface area (Å²) in [5, 5.41) is 5.39. The highest BCUT2D eigenvalue weighted by Crippen LogP contribution is 2.21. The van der Waals surface area contributed by atoms with Gasteiger partial charge in [0.1, 0.15) is 5.75 Å². The number of hydrogen-bond acceptors (Lipinski definition) is 6. The van der Waals surface area contributed by atoms with E-state index < -0.39 is 0 Å². The van der Waals surface area contributed by atoms with Crippen molar-refractivity contribution in [2.75, 3.05) is 27.9 Å². The van der Waals surface area contributed by atoms with Crippen molar-refractivity contribution in [2.45, 2.75) is 33.1 Å². The number of fused-ring (bicyclic) bond motifs is 3. The van der Waals surface area contributed by atoms with Crippen LogP contribution in [0.5, 0.6) is 5.75 Å². The first-order chi connectivity index (χ1) is 15.9. The number of ether oxygens (including phenoxy) is 2. The Morgan fingerprint density at radius 3 is 2.70 bits per heavy atom. The third kappa shape index (κ3) is 4.57. The Morgan fingerprint density at radius 1 is 1.15 bits per heavy atom. The quantitative estimate of drug-likeness (QED) is 0.277. The van der Waals surface area contributed by atoms with Crippen LogP contribution >= 0.6 is 12.2 Å². The SMILES string of the molecule is COCCCn1c(=O)c2ccccc2n2c(=S)n(CN(C)Cc3cc(C)ccc3OC)nc12. The minimum absolute atomic E-state index is 0.0702. The summed E-state index contributed by atoms with van der Waals surface area (Å²) >= 11 is 5.82. The Labute approximate surface area is 197 Å². The molecular formula is C24H29N5O3S. The third-order valence-corrected chi connectivity index (χ3v) is 6.06. The zero-order chi connectivity index (χ0) is 23.5. The van der Waals surface area contributed by atoms with E-state index in [0.717, 1.165) is 16.8 Å². The lowest BCUT2D eigenvalue weighted by Crippen LogP contribution is -2.24. The molecule has 2 heterocycles. The number of rotatable bonds is 9. The highest BCUT2D eigenvalue weighted by atomic mass is 32.1. The van der Waals surface area contributed by atoms with Gasteiger partial charge in [0.25, 0.3) is 5.56 Å². The molecule has 0 radical (unpaired) electrons. The molecule has 2 aromatic heterocycles. The summed E-state index contributed by atoms with van der Waals surface area (Å²) in [6.45, 7) is 4.27. The molecule has 4 rings (SSSR count). The van der Waals surface area contributed by atoms with Crippen LogP contribution in [0.25, 0.3) is 16.7 Å². The van der Waals surface area contributed by atoms with Crippen molar-refractivity contribution in [2.24, 2.45) is 0 Å². The van der Waals surface area contributed by atoms with Crippen LogP contribution in [-0.2, 0) is 24.5 Å². The van der Waals surface area contributed by atoms with Gasteiger partial charge in [0.05, 0.1) is 24.7 Å². The van der Waals surface area contributed by atoms with Crippen LogP contribution in [0.2, 0.25) is 0 Å². The monoisotopic (exact) mass is 467 g/mol. The molecule has 0 unspecified atom stereocenters. The molecule has 2 aromatic carbocycles. The van der Waals surface area contributed by atoms with Gasteiger partial charge in [-0.2, -0.15) is 0 Å². The molecule has 0 fully saturated rings. The maximum Gasteiger partial charge on any atom is 0.262 e. The first kappa shape index (κ1) is 23.2. The summed E-state index contributed by atoms with van der Waals surface area (Å²) in [5.41, 5.74) is 2.96. The standard InChI is InChI=1S/C24H29N5O3S/c1-17-10-11-21(32-4)18(14-17)15-26(2)16-28-24(33)29-20-9-6-5-8-19(20)22(30)27(23(29)25-28)12-7-13-31-3/h5-6,8-11,14H,7,12-13,15-16H2,1-4H3. The fraction of sp³-hybridized carbons (Fsp3) is 0.375. The average molecular weight is 468 g/mol. The maximum atomic E-state index is 13.2. The van der Waals surface area contributed by atoms with Gasteiger partial charge in [-0.25, -0.2) is 4.68 Å². The molecule has 33 heavy (non-hydrogen) atoms. The number of hydrogen-bond donors (Lipinski definition) is 0. The molecule has 8 nitrogen and oxygen atoms in total. The van der Waals surface area contributed by atoms with Crippen molar-refractivity contribution in [3.05, 3.63) is 68.7 Å². The lowest BCUT2D eigenvalue weighted by atomic mass is 10.1. The van der Waals surface area contributed by atoms with E-state index in [2.05, 4.69) is 17.9 Å². The minimum atomic E-state index is -0.0702. The van der Waals surface area contributed by atoms with Crippen LogP contribution in [0, 0.1) is 11.7 Å². The van der Waals surface area contributed by atoms with E-state index in [0.29, 0.717) is 48.7 Å². The van der Waals surface area contributed by atoms with Gasteiger partial charge in [0, 0.05) is 32.4 Å². The van der Waals surface area contributed by atoms with Crippen molar-refractivity contribution in [1.29, 1.82) is 0 Å². The molecule has 0 bridgehead atoms. The molecular weight excluding hydrogens is 438 g/mol. The number of para-hydroxylation sites is 1. The van der Waals surface area contributed by atoms with E-state index in [1.54, 1.807) is 23.5 Å². The van der Waals surface area contributed by atoms with Gasteiger partial charge >= 0.3 is 0 Å². The Hall–Kier alpha value is -3.01. The summed E-state index contributed by atoms with van der Waals surface area (Å²) < 4.78 is 16.6. The average Bonchev–Trinajstić information content (AvgIpc) is 3.12. The fourth-order valence-corrected chi connectivity index (χ4v) is 4.41. The van der Waals surface area contributed by atoms with Gasteiger partial charge in [-0.05, 0) is 50.8 Å². The van der Waals surface area contributed by atoms with Crippen molar-refractivity contribution in [3.63, 3.8) is 0 Å². The first-order valence-corrected chi connectivity index (χ1v) is 11.3. The summed E-state index contributed by atoms with van der Waals surface area (Å²) in [6, 6.07) is 13.7. The lowest BCUT2D eigenvalue weighted by Gasteiger charge is -2.18. The van der Waals surface area contributed by atoms with Gasteiger partial charge in [-0.3, -0.25) is 18.7 Å². The summed E-state index contributed by atoms with van der Waals surface area (Å²) in [5.74, 6) is 1.39. The molecule has 9 heteroatoms. The van der Waals surface area contributed by atoms with Crippen LogP contribution in [-0.4, -0.2) is 51.5 Å². The Bertz CT molecular complexity index is 1410. The summed E-state index contributed by atoms with van der Waals surface area (Å²) in [4.78, 5) is 15.3. The molecule has 4 aromatic rings. The molecule has 0 aliphatic carbocycles. The topological polar surface area (TPSA) is 65.9 Å². The number of nitrogens with zero attached hydrogens (tertiary/aromatic N) is 5. The molecule has 0 saturated heterocycles. The molecule has 0 atom stereocenters. The van der Waals surface area contributed by atoms with Gasteiger partial charge in [-0.15, -0.1) is 5.10 Å². The van der Waals surface area contributed by atoms with Crippen molar-refractivity contribution in [3.8, 4) is 5.75 Å². The molecule has 0 N–H and O–H groups in total. The Kier molecular flexibility index (Phi) is 6.92. The van der Waals surface area contributed by atoms with E-state index in [4.69, 9.17) is 26.8 Å². The first-order valence-electron chi connectivity index (χ1n) is 10.9. The van der Waals surface area contributed by atoms with Crippen LogP contribution in [0.1, 0.15) is 17.5 Å². The van der Waals surface area contributed by atoms with Gasteiger partial charge in [0.15, 0.2) is 0 Å². The van der Waals surface area contributed by atoms with Crippen molar-refractivity contribution >= 4 is 28.9 Å². The Morgan fingerprint density at radius 2 is 1.94 bits per heavy atom. The fourth-order valence-electron chi connectivity index (χ4n) is 4.13. The van der Waals surface area contributed by atoms with Crippen LogP contribution in [0.15, 0.2) is 47.3 Å². The molecule has 0 aliphatic heterocycles. The second-order valence-corrected chi connectivity index (χ2v) is 8.57. The smallest absolute Gasteiger partial charge is 0.262 e. The second kappa shape index (κ2) is 9.86. The van der Waals surface area contributed by atoms with E-state index >= 15 is 0 Å². The van der Waals surface area contributed by atoms with Gasteiger partial charge in [-0.1, -0.05) is 29.8 Å². The zero-order valence-corrected chi connectivity index (χ0v) is 20.3. The van der Waals surface area contributed by atoms with Gasteiger partial charge < -0.3 is 9.47 Å². The van der Waals surface area contributed by atoms with Crippen LogP contribution in [0.3, 0.4) is 0 Å². The predicted octanol–water partition coefficient (Wildman–Crippen LogP) is 3.62. The largest absolute Gasteiger partial charge is 0.496 e. The van der Waals surface area contributed by atoms with E-state index in [9.17, 15) is 4.79 Å². The number of benzene rings is 2. The molecule has 0 amide bonds. The molecule has 0 aliphatic rings. The van der Waals surface area contributed by atoms with Gasteiger partial charge in [0.2, 0.25) is 10.5 Å². The van der Waals surface area contributed by atoms with E-state index in [-0.39, 0.29) is 5.56 Å². The van der Waals surface area contributed by atoms with Crippen molar-refractivity contribution < 1.29 is 9.47 Å². The molecule has 0 saturated carbocycles. The number of aromatic nitrogens is 4. The van der Waals surface area contributed by atoms with Crippen LogP contribution < -0.4 is 10.3 Å². The highest BCUT2D eigenvalue weighted by molar-refractivity contribution is 7.71. The second-order valence-electron chi connectivity index (χ2n) is 8.21. The normalized spacial score (nSPS) is 11.7. The van der Waals surface area contributed by atoms with Crippen LogP contribution in [0.4, 0.5) is 0 Å². The van der Waals surface area contributed by atoms with Crippen molar-refractivity contribution in [1.82, 2.24) is 23.6 Å². The number of aryl methyl sites for hydroxylation is 2.